The lowest BCUT2D eigenvalue weighted by Crippen LogP contribution is -2.32. The van der Waals surface area contributed by atoms with Gasteiger partial charge in [0.25, 0.3) is 0 Å². The molecule has 1 aromatic rings. The summed E-state index contributed by atoms with van der Waals surface area (Å²) in [4.78, 5) is 4.72. The summed E-state index contributed by atoms with van der Waals surface area (Å²) in [5, 5.41) is 4.14. The molecule has 1 aliphatic rings. The Morgan fingerprint density at radius 2 is 2.12 bits per heavy atom. The van der Waals surface area contributed by atoms with Crippen LogP contribution in [0.5, 0.6) is 0 Å². The van der Waals surface area contributed by atoms with Crippen LogP contribution in [0.3, 0.4) is 0 Å². The van der Waals surface area contributed by atoms with Crippen LogP contribution in [0.25, 0.3) is 0 Å². The van der Waals surface area contributed by atoms with Crippen molar-refractivity contribution in [2.45, 2.75) is 44.6 Å². The van der Waals surface area contributed by atoms with Crippen LogP contribution in [0, 0.1) is 0 Å². The van der Waals surface area contributed by atoms with Crippen molar-refractivity contribution >= 4 is 5.84 Å². The van der Waals surface area contributed by atoms with Crippen molar-refractivity contribution in [2.75, 3.05) is 0 Å². The lowest BCUT2D eigenvalue weighted by molar-refractivity contribution is 0.583. The average molecular weight is 235 g/mol. The van der Waals surface area contributed by atoms with Gasteiger partial charge in [-0.15, -0.1) is 0 Å². The van der Waals surface area contributed by atoms with Gasteiger partial charge in [0.1, 0.15) is 5.84 Å². The van der Waals surface area contributed by atoms with E-state index >= 15 is 0 Å². The Hall–Kier alpha value is -1.36. The Labute approximate surface area is 102 Å². The summed E-state index contributed by atoms with van der Waals surface area (Å²) < 4.78 is 1.76. The zero-order valence-electron chi connectivity index (χ0n) is 10.4. The van der Waals surface area contributed by atoms with Gasteiger partial charge in [0, 0.05) is 13.2 Å². The topological polar surface area (TPSA) is 68.2 Å². The van der Waals surface area contributed by atoms with E-state index in [1.165, 1.54) is 38.5 Å². The molecular weight excluding hydrogens is 214 g/mol. The number of nitrogens with zero attached hydrogens (tertiary/aromatic N) is 3. The minimum Gasteiger partial charge on any atom is -0.308 e. The number of aliphatic imine (C=N–C) groups is 1. The largest absolute Gasteiger partial charge is 0.308 e. The van der Waals surface area contributed by atoms with E-state index in [1.54, 1.807) is 10.9 Å². The van der Waals surface area contributed by atoms with Gasteiger partial charge >= 0.3 is 0 Å². The van der Waals surface area contributed by atoms with Crippen LogP contribution < -0.4 is 11.3 Å². The van der Waals surface area contributed by atoms with E-state index in [-0.39, 0.29) is 0 Å². The van der Waals surface area contributed by atoms with E-state index in [4.69, 9.17) is 10.8 Å². The van der Waals surface area contributed by atoms with Crippen LogP contribution in [-0.4, -0.2) is 21.7 Å². The second-order valence-corrected chi connectivity index (χ2v) is 4.67. The molecule has 5 heteroatoms. The minimum atomic E-state index is 0.406. The van der Waals surface area contributed by atoms with Gasteiger partial charge in [-0.3, -0.25) is 9.67 Å². The van der Waals surface area contributed by atoms with E-state index in [9.17, 15) is 0 Å². The maximum atomic E-state index is 5.55. The molecule has 1 aliphatic carbocycles. The standard InChI is InChI=1S/C12H21N5/c1-17-9-10(8-14-17)12(16-13)15-11-6-4-2-3-5-7-11/h8-9,11H,2-7,13H2,1H3,(H,15,16). The molecule has 0 aliphatic heterocycles. The summed E-state index contributed by atoms with van der Waals surface area (Å²) in [6.45, 7) is 0. The van der Waals surface area contributed by atoms with Crippen molar-refractivity contribution in [3.8, 4) is 0 Å². The third-order valence-electron chi connectivity index (χ3n) is 3.25. The number of nitrogens with two attached hydrogens (primary N) is 1. The monoisotopic (exact) mass is 235 g/mol. The predicted molar refractivity (Wildman–Crippen MR) is 68.6 cm³/mol. The molecule has 2 rings (SSSR count). The molecule has 0 bridgehead atoms. The Bertz CT molecular complexity index is 374. The quantitative estimate of drug-likeness (QED) is 0.267. The first-order valence-corrected chi connectivity index (χ1v) is 6.33. The second-order valence-electron chi connectivity index (χ2n) is 4.67. The van der Waals surface area contributed by atoms with Crippen LogP contribution >= 0.6 is 0 Å². The Balaban J connectivity index is 2.10. The second kappa shape index (κ2) is 5.82. The van der Waals surface area contributed by atoms with Crippen molar-refractivity contribution < 1.29 is 0 Å². The summed E-state index contributed by atoms with van der Waals surface area (Å²) in [7, 11) is 1.89. The molecule has 1 saturated carbocycles. The molecule has 0 aromatic carbocycles. The first-order valence-electron chi connectivity index (χ1n) is 6.33. The zero-order chi connectivity index (χ0) is 12.1. The van der Waals surface area contributed by atoms with Gasteiger partial charge in [0.05, 0.1) is 17.8 Å². The SMILES string of the molecule is Cn1cc(C(=NC2CCCCCC2)NN)cn1. The van der Waals surface area contributed by atoms with Crippen LogP contribution in [0.2, 0.25) is 0 Å². The third-order valence-corrected chi connectivity index (χ3v) is 3.25. The fourth-order valence-corrected chi connectivity index (χ4v) is 2.31. The van der Waals surface area contributed by atoms with Gasteiger partial charge in [-0.25, -0.2) is 5.84 Å². The van der Waals surface area contributed by atoms with E-state index in [0.717, 1.165) is 11.4 Å². The third kappa shape index (κ3) is 3.30. The van der Waals surface area contributed by atoms with E-state index < -0.39 is 0 Å². The maximum absolute atomic E-state index is 5.55. The summed E-state index contributed by atoms with van der Waals surface area (Å²) in [5.41, 5.74) is 3.65. The van der Waals surface area contributed by atoms with Crippen molar-refractivity contribution in [3.05, 3.63) is 18.0 Å². The molecule has 5 nitrogen and oxygen atoms in total. The number of hydrogen-bond donors (Lipinski definition) is 2. The maximum Gasteiger partial charge on any atom is 0.145 e. The molecule has 1 aromatic heterocycles. The normalized spacial score (nSPS) is 19.1. The molecule has 3 N–H and O–H groups in total. The lowest BCUT2D eigenvalue weighted by atomic mass is 10.1. The molecule has 0 atom stereocenters. The van der Waals surface area contributed by atoms with Crippen LogP contribution in [0.4, 0.5) is 0 Å². The first kappa shape index (κ1) is 12.1. The van der Waals surface area contributed by atoms with Gasteiger partial charge in [-0.2, -0.15) is 5.10 Å². The van der Waals surface area contributed by atoms with E-state index in [2.05, 4.69) is 10.5 Å². The molecule has 0 radical (unpaired) electrons. The lowest BCUT2D eigenvalue weighted by Gasteiger charge is -2.11. The predicted octanol–water partition coefficient (Wildman–Crippen LogP) is 1.35. The smallest absolute Gasteiger partial charge is 0.145 e. The van der Waals surface area contributed by atoms with E-state index in [0.29, 0.717) is 6.04 Å². The van der Waals surface area contributed by atoms with Crippen molar-refractivity contribution in [1.82, 2.24) is 15.2 Å². The molecule has 0 spiro atoms. The van der Waals surface area contributed by atoms with Crippen molar-refractivity contribution in [2.24, 2.45) is 17.9 Å². The highest BCUT2D eigenvalue weighted by atomic mass is 15.3. The number of hydrogen-bond acceptors (Lipinski definition) is 3. The van der Waals surface area contributed by atoms with Gasteiger partial charge in [0.15, 0.2) is 0 Å². The van der Waals surface area contributed by atoms with Gasteiger partial charge in [-0.1, -0.05) is 25.7 Å². The minimum absolute atomic E-state index is 0.406. The fraction of sp³-hybridized carbons (Fsp3) is 0.667. The number of nitrogens with one attached hydrogen (secondary N) is 1. The highest BCUT2D eigenvalue weighted by Crippen LogP contribution is 2.20. The molecule has 0 unspecified atom stereocenters. The Kier molecular flexibility index (Phi) is 4.14. The molecule has 17 heavy (non-hydrogen) atoms. The molecular formula is C12H21N5. The van der Waals surface area contributed by atoms with Crippen LogP contribution in [-0.2, 0) is 7.05 Å². The number of amidine groups is 1. The Morgan fingerprint density at radius 1 is 1.41 bits per heavy atom. The number of hydrazine groups is 1. The molecule has 1 fully saturated rings. The van der Waals surface area contributed by atoms with Crippen LogP contribution in [0.15, 0.2) is 17.4 Å². The number of rotatable bonds is 2. The average Bonchev–Trinajstić information content (AvgIpc) is 2.62. The summed E-state index contributed by atoms with van der Waals surface area (Å²) in [5.74, 6) is 6.31. The zero-order valence-corrected chi connectivity index (χ0v) is 10.4. The fourth-order valence-electron chi connectivity index (χ4n) is 2.31. The summed E-state index contributed by atoms with van der Waals surface area (Å²) in [6.07, 6.45) is 11.3. The van der Waals surface area contributed by atoms with E-state index in [1.807, 2.05) is 13.2 Å². The summed E-state index contributed by atoms with van der Waals surface area (Å²) >= 11 is 0. The highest BCUT2D eigenvalue weighted by molar-refractivity contribution is 5.98. The molecule has 0 saturated heterocycles. The first-order chi connectivity index (χ1) is 8.29. The highest BCUT2D eigenvalue weighted by Gasteiger charge is 2.13. The van der Waals surface area contributed by atoms with Crippen LogP contribution in [0.1, 0.15) is 44.1 Å². The summed E-state index contributed by atoms with van der Waals surface area (Å²) in [6, 6.07) is 0.406. The van der Waals surface area contributed by atoms with Crippen molar-refractivity contribution in [1.29, 1.82) is 0 Å². The number of aryl methyl sites for hydroxylation is 1. The molecule has 0 amide bonds. The van der Waals surface area contributed by atoms with Gasteiger partial charge in [-0.05, 0) is 12.8 Å². The Morgan fingerprint density at radius 3 is 2.65 bits per heavy atom. The number of aromatic nitrogens is 2. The van der Waals surface area contributed by atoms with Gasteiger partial charge in [0.2, 0.25) is 0 Å². The molecule has 1 heterocycles. The molecule has 94 valence electrons. The van der Waals surface area contributed by atoms with Gasteiger partial charge < -0.3 is 5.43 Å². The van der Waals surface area contributed by atoms with Crippen molar-refractivity contribution in [3.63, 3.8) is 0 Å².